The van der Waals surface area contributed by atoms with Gasteiger partial charge in [-0.1, -0.05) is 30.3 Å². The number of carbonyl (C=O) groups excluding carboxylic acids is 2. The molecule has 0 fully saturated rings. The Balaban J connectivity index is 1.84. The molecule has 0 aliphatic heterocycles. The zero-order valence-corrected chi connectivity index (χ0v) is 16.4. The summed E-state index contributed by atoms with van der Waals surface area (Å²) in [7, 11) is 0. The Morgan fingerprint density at radius 1 is 1.27 bits per heavy atom. The van der Waals surface area contributed by atoms with Gasteiger partial charge in [-0.15, -0.1) is 0 Å². The van der Waals surface area contributed by atoms with Crippen LogP contribution in [0.4, 0.5) is 4.79 Å². The summed E-state index contributed by atoms with van der Waals surface area (Å²) in [5.74, 6) is -0.700. The molecular formula is C21H24N4O5. The molecule has 2 aromatic heterocycles. The first kappa shape index (κ1) is 21.3. The van der Waals surface area contributed by atoms with Gasteiger partial charge in [-0.05, 0) is 30.2 Å². The van der Waals surface area contributed by atoms with Crippen molar-refractivity contribution in [3.63, 3.8) is 0 Å². The molecule has 3 unspecified atom stereocenters. The summed E-state index contributed by atoms with van der Waals surface area (Å²) in [5, 5.41) is 23.6. The van der Waals surface area contributed by atoms with Crippen molar-refractivity contribution < 1.29 is 24.5 Å². The molecule has 2 amide bonds. The Morgan fingerprint density at radius 2 is 2.00 bits per heavy atom. The number of ether oxygens (including phenoxy) is 1. The number of amides is 2. The van der Waals surface area contributed by atoms with Crippen molar-refractivity contribution in [3.8, 4) is 0 Å². The van der Waals surface area contributed by atoms with Gasteiger partial charge in [0.25, 0.3) is 5.91 Å². The molecule has 0 aliphatic rings. The smallest absolute Gasteiger partial charge is 0.405 e. The predicted octanol–water partition coefficient (Wildman–Crippen LogP) is 1.17. The van der Waals surface area contributed by atoms with Gasteiger partial charge in [-0.3, -0.25) is 4.79 Å². The van der Waals surface area contributed by atoms with Crippen molar-refractivity contribution in [3.05, 3.63) is 66.0 Å². The summed E-state index contributed by atoms with van der Waals surface area (Å²) in [4.78, 5) is 31.8. The van der Waals surface area contributed by atoms with Gasteiger partial charge < -0.3 is 31.0 Å². The van der Waals surface area contributed by atoms with Crippen LogP contribution < -0.4 is 11.1 Å². The molecule has 1 aromatic carbocycles. The normalized spacial score (nSPS) is 15.2. The van der Waals surface area contributed by atoms with E-state index in [1.54, 1.807) is 48.8 Å². The lowest BCUT2D eigenvalue weighted by Gasteiger charge is -2.31. The van der Waals surface area contributed by atoms with Crippen molar-refractivity contribution in [1.29, 1.82) is 0 Å². The SMILES string of the molecule is CC(Cc1c[nH]c2ncccc12)(OC(N)=O)C(=O)NC(CO)C(O)c1ccccc1. The average Bonchev–Trinajstić information content (AvgIpc) is 3.14. The number of fused-ring (bicyclic) bond motifs is 1. The predicted molar refractivity (Wildman–Crippen MR) is 109 cm³/mol. The summed E-state index contributed by atoms with van der Waals surface area (Å²) < 4.78 is 5.18. The maximum atomic E-state index is 13.1. The first-order valence-electron chi connectivity index (χ1n) is 9.38. The molecule has 6 N–H and O–H groups in total. The summed E-state index contributed by atoms with van der Waals surface area (Å²) in [6.07, 6.45) is 1.04. The number of H-pyrrole nitrogens is 1. The standard InChI is InChI=1S/C21H24N4O5/c1-21(30-20(22)29,10-14-11-24-18-15(14)8-5-9-23-18)19(28)25-16(12-26)17(27)13-6-3-2-4-7-13/h2-9,11,16-17,26-27H,10,12H2,1H3,(H2,22,29)(H,23,24)(H,25,28). The summed E-state index contributed by atoms with van der Waals surface area (Å²) in [6.45, 7) is 0.900. The Kier molecular flexibility index (Phi) is 6.34. The second kappa shape index (κ2) is 8.93. The first-order chi connectivity index (χ1) is 14.3. The lowest BCUT2D eigenvalue weighted by molar-refractivity contribution is -0.140. The van der Waals surface area contributed by atoms with Crippen LogP contribution in [0.3, 0.4) is 0 Å². The molecule has 3 rings (SSSR count). The third-order valence-corrected chi connectivity index (χ3v) is 4.91. The Bertz CT molecular complexity index is 1020. The van der Waals surface area contributed by atoms with Gasteiger partial charge in [0.2, 0.25) is 0 Å². The molecular weight excluding hydrogens is 388 g/mol. The summed E-state index contributed by atoms with van der Waals surface area (Å²) in [5.41, 5.74) is 5.38. The third-order valence-electron chi connectivity index (χ3n) is 4.91. The number of nitrogens with two attached hydrogens (primary N) is 1. The summed E-state index contributed by atoms with van der Waals surface area (Å²) >= 11 is 0. The van der Waals surface area contributed by atoms with Crippen LogP contribution in [0.15, 0.2) is 54.9 Å². The van der Waals surface area contributed by atoms with Gasteiger partial charge >= 0.3 is 6.09 Å². The van der Waals surface area contributed by atoms with Crippen LogP contribution in [0.1, 0.15) is 24.2 Å². The van der Waals surface area contributed by atoms with Crippen molar-refractivity contribution in [2.75, 3.05) is 6.61 Å². The van der Waals surface area contributed by atoms with Crippen LogP contribution in [0.5, 0.6) is 0 Å². The van der Waals surface area contributed by atoms with Crippen LogP contribution in [0, 0.1) is 0 Å². The van der Waals surface area contributed by atoms with Gasteiger partial charge in [0, 0.05) is 24.2 Å². The number of hydrogen-bond acceptors (Lipinski definition) is 6. The van der Waals surface area contributed by atoms with Crippen LogP contribution in [0.25, 0.3) is 11.0 Å². The number of hydrogen-bond donors (Lipinski definition) is 5. The fraction of sp³-hybridized carbons (Fsp3) is 0.286. The minimum Gasteiger partial charge on any atom is -0.433 e. The number of benzene rings is 1. The lowest BCUT2D eigenvalue weighted by Crippen LogP contribution is -2.54. The molecule has 0 aliphatic carbocycles. The fourth-order valence-corrected chi connectivity index (χ4v) is 3.34. The molecule has 158 valence electrons. The van der Waals surface area contributed by atoms with Crippen LogP contribution in [0.2, 0.25) is 0 Å². The number of carbonyl (C=O) groups is 2. The van der Waals surface area contributed by atoms with Crippen molar-refractivity contribution in [2.45, 2.75) is 31.1 Å². The highest BCUT2D eigenvalue weighted by Gasteiger charge is 2.40. The van der Waals surface area contributed by atoms with Crippen molar-refractivity contribution in [2.24, 2.45) is 5.73 Å². The molecule has 9 nitrogen and oxygen atoms in total. The monoisotopic (exact) mass is 412 g/mol. The maximum absolute atomic E-state index is 13.1. The number of aliphatic hydroxyl groups excluding tert-OH is 2. The summed E-state index contributed by atoms with van der Waals surface area (Å²) in [6, 6.07) is 11.2. The average molecular weight is 412 g/mol. The molecule has 0 saturated heterocycles. The molecule has 0 saturated carbocycles. The highest BCUT2D eigenvalue weighted by Crippen LogP contribution is 2.25. The highest BCUT2D eigenvalue weighted by atomic mass is 16.6. The van der Waals surface area contributed by atoms with Gasteiger partial charge in [0.05, 0.1) is 12.6 Å². The number of aromatic amines is 1. The van der Waals surface area contributed by atoms with E-state index >= 15 is 0 Å². The second-order valence-electron chi connectivity index (χ2n) is 7.16. The molecule has 0 bridgehead atoms. The van der Waals surface area contributed by atoms with E-state index in [-0.39, 0.29) is 6.42 Å². The van der Waals surface area contributed by atoms with E-state index in [2.05, 4.69) is 15.3 Å². The van der Waals surface area contributed by atoms with Crippen LogP contribution in [-0.2, 0) is 16.0 Å². The third kappa shape index (κ3) is 4.58. The lowest BCUT2D eigenvalue weighted by atomic mass is 9.94. The van der Waals surface area contributed by atoms with Gasteiger partial charge in [-0.2, -0.15) is 0 Å². The van der Waals surface area contributed by atoms with E-state index in [1.165, 1.54) is 6.92 Å². The van der Waals surface area contributed by atoms with Gasteiger partial charge in [-0.25, -0.2) is 9.78 Å². The number of aliphatic hydroxyl groups is 2. The molecule has 9 heteroatoms. The maximum Gasteiger partial charge on any atom is 0.405 e. The molecule has 30 heavy (non-hydrogen) atoms. The van der Waals surface area contributed by atoms with Gasteiger partial charge in [0.15, 0.2) is 5.60 Å². The van der Waals surface area contributed by atoms with E-state index in [4.69, 9.17) is 10.5 Å². The number of nitrogens with zero attached hydrogens (tertiary/aromatic N) is 1. The first-order valence-corrected chi connectivity index (χ1v) is 9.38. The fourth-order valence-electron chi connectivity index (χ4n) is 3.34. The molecule has 3 aromatic rings. The Hall–Kier alpha value is -3.43. The molecule has 2 heterocycles. The van der Waals surface area contributed by atoms with Crippen LogP contribution >= 0.6 is 0 Å². The number of nitrogens with one attached hydrogen (secondary N) is 2. The van der Waals surface area contributed by atoms with Crippen LogP contribution in [-0.4, -0.2) is 50.4 Å². The molecule has 0 spiro atoms. The second-order valence-corrected chi connectivity index (χ2v) is 7.16. The number of pyridine rings is 1. The van der Waals surface area contributed by atoms with Crippen molar-refractivity contribution >= 4 is 23.0 Å². The van der Waals surface area contributed by atoms with E-state index < -0.39 is 36.4 Å². The van der Waals surface area contributed by atoms with E-state index in [1.807, 2.05) is 6.07 Å². The van der Waals surface area contributed by atoms with Gasteiger partial charge in [0.1, 0.15) is 11.8 Å². The number of aromatic nitrogens is 2. The Labute approximate surface area is 172 Å². The van der Waals surface area contributed by atoms with E-state index in [0.29, 0.717) is 16.8 Å². The zero-order chi connectivity index (χ0) is 21.7. The van der Waals surface area contributed by atoms with E-state index in [0.717, 1.165) is 5.39 Å². The zero-order valence-electron chi connectivity index (χ0n) is 16.4. The largest absolute Gasteiger partial charge is 0.433 e. The molecule has 3 atom stereocenters. The van der Waals surface area contributed by atoms with Crippen molar-refractivity contribution in [1.82, 2.24) is 15.3 Å². The number of rotatable bonds is 8. The quantitative estimate of drug-likeness (QED) is 0.375. The topological polar surface area (TPSA) is 151 Å². The highest BCUT2D eigenvalue weighted by molar-refractivity contribution is 5.89. The number of primary amides is 1. The van der Waals surface area contributed by atoms with E-state index in [9.17, 15) is 19.8 Å². The Morgan fingerprint density at radius 3 is 2.67 bits per heavy atom. The minimum atomic E-state index is -1.68. The minimum absolute atomic E-state index is 0.00699. The molecule has 0 radical (unpaired) electrons.